The second kappa shape index (κ2) is 7.86. The first-order chi connectivity index (χ1) is 12.6. The third-order valence-corrected chi connectivity index (χ3v) is 4.07. The van der Waals surface area contributed by atoms with Crippen molar-refractivity contribution in [2.75, 3.05) is 12.4 Å². The lowest BCUT2D eigenvalue weighted by Gasteiger charge is -2.08. The molecule has 7 nitrogen and oxygen atoms in total. The second-order valence-electron chi connectivity index (χ2n) is 6.05. The largest absolute Gasteiger partial charge is 0.506 e. The molecule has 0 radical (unpaired) electrons. The number of nitrogens with zero attached hydrogens (tertiary/aromatic N) is 3. The molecular formula is C19H22N4O3. The smallest absolute Gasteiger partial charge is 0.224 e. The molecule has 0 unspecified atom stereocenters. The van der Waals surface area contributed by atoms with Gasteiger partial charge in [-0.25, -0.2) is 0 Å². The third kappa shape index (κ3) is 3.93. The number of rotatable bonds is 7. The SMILES string of the molecule is CCCCCC(=O)Nc1ccc(-n2nc3ccc(OC)cc3n2)c(O)c1. The fourth-order valence-corrected chi connectivity index (χ4v) is 2.66. The minimum Gasteiger partial charge on any atom is -0.506 e. The molecule has 1 amide bonds. The van der Waals surface area contributed by atoms with Gasteiger partial charge in [-0.2, -0.15) is 0 Å². The van der Waals surface area contributed by atoms with Gasteiger partial charge < -0.3 is 15.2 Å². The summed E-state index contributed by atoms with van der Waals surface area (Å²) in [6.07, 6.45) is 3.44. The van der Waals surface area contributed by atoms with E-state index in [2.05, 4.69) is 22.4 Å². The topological polar surface area (TPSA) is 89.3 Å². The first-order valence-electron chi connectivity index (χ1n) is 8.65. The van der Waals surface area contributed by atoms with E-state index in [0.717, 1.165) is 19.3 Å². The number of methoxy groups -OCH3 is 1. The van der Waals surface area contributed by atoms with Crippen LogP contribution in [0.15, 0.2) is 36.4 Å². The molecule has 0 saturated heterocycles. The maximum absolute atomic E-state index is 11.9. The second-order valence-corrected chi connectivity index (χ2v) is 6.05. The number of anilines is 1. The molecule has 1 heterocycles. The Balaban J connectivity index is 1.78. The summed E-state index contributed by atoms with van der Waals surface area (Å²) in [6.45, 7) is 2.09. The van der Waals surface area contributed by atoms with Crippen molar-refractivity contribution in [2.45, 2.75) is 32.6 Å². The zero-order chi connectivity index (χ0) is 18.5. The Bertz CT molecular complexity index is 920. The van der Waals surface area contributed by atoms with Crippen LogP contribution in [0.3, 0.4) is 0 Å². The summed E-state index contributed by atoms with van der Waals surface area (Å²) < 4.78 is 5.18. The lowest BCUT2D eigenvalue weighted by atomic mass is 10.2. The predicted molar refractivity (Wildman–Crippen MR) is 99.9 cm³/mol. The van der Waals surface area contributed by atoms with Crippen molar-refractivity contribution in [3.63, 3.8) is 0 Å². The number of carbonyl (C=O) groups excluding carboxylic acids is 1. The van der Waals surface area contributed by atoms with Crippen LogP contribution in [0.1, 0.15) is 32.6 Å². The third-order valence-electron chi connectivity index (χ3n) is 4.07. The van der Waals surface area contributed by atoms with Crippen molar-refractivity contribution in [3.05, 3.63) is 36.4 Å². The van der Waals surface area contributed by atoms with E-state index in [1.165, 1.54) is 10.9 Å². The standard InChI is InChI=1S/C19H22N4O3/c1-3-4-5-6-19(25)20-13-7-10-17(18(24)11-13)23-21-15-9-8-14(26-2)12-16(15)22-23/h7-12,24H,3-6H2,1-2H3,(H,20,25). The van der Waals surface area contributed by atoms with E-state index in [1.54, 1.807) is 37.4 Å². The molecule has 0 atom stereocenters. The summed E-state index contributed by atoms with van der Waals surface area (Å²) in [7, 11) is 1.59. The highest BCUT2D eigenvalue weighted by Gasteiger charge is 2.11. The van der Waals surface area contributed by atoms with E-state index in [0.29, 0.717) is 34.6 Å². The van der Waals surface area contributed by atoms with Crippen LogP contribution in [0.5, 0.6) is 11.5 Å². The summed E-state index contributed by atoms with van der Waals surface area (Å²) in [5, 5.41) is 21.9. The quantitative estimate of drug-likeness (QED) is 0.632. The summed E-state index contributed by atoms with van der Waals surface area (Å²) in [5.74, 6) is 0.624. The lowest BCUT2D eigenvalue weighted by Crippen LogP contribution is -2.11. The molecule has 2 N–H and O–H groups in total. The van der Waals surface area contributed by atoms with Crippen LogP contribution in [-0.2, 0) is 4.79 Å². The van der Waals surface area contributed by atoms with E-state index in [9.17, 15) is 9.90 Å². The van der Waals surface area contributed by atoms with Crippen molar-refractivity contribution in [1.29, 1.82) is 0 Å². The van der Waals surface area contributed by atoms with Gasteiger partial charge in [0.2, 0.25) is 5.91 Å². The van der Waals surface area contributed by atoms with Gasteiger partial charge in [-0.3, -0.25) is 4.79 Å². The molecule has 3 rings (SSSR count). The summed E-state index contributed by atoms with van der Waals surface area (Å²) in [5.41, 5.74) is 2.34. The molecule has 0 bridgehead atoms. The molecule has 3 aromatic rings. The molecule has 7 heteroatoms. The van der Waals surface area contributed by atoms with Crippen LogP contribution >= 0.6 is 0 Å². The first-order valence-corrected chi connectivity index (χ1v) is 8.65. The fourth-order valence-electron chi connectivity index (χ4n) is 2.66. The van der Waals surface area contributed by atoms with Crippen LogP contribution < -0.4 is 10.1 Å². The van der Waals surface area contributed by atoms with Crippen molar-refractivity contribution >= 4 is 22.6 Å². The summed E-state index contributed by atoms with van der Waals surface area (Å²) in [6, 6.07) is 10.3. The monoisotopic (exact) mass is 354 g/mol. The number of aromatic hydroxyl groups is 1. The van der Waals surface area contributed by atoms with Crippen molar-refractivity contribution in [2.24, 2.45) is 0 Å². The number of hydrogen-bond acceptors (Lipinski definition) is 5. The van der Waals surface area contributed by atoms with E-state index in [4.69, 9.17) is 4.74 Å². The van der Waals surface area contributed by atoms with Gasteiger partial charge >= 0.3 is 0 Å². The fraction of sp³-hybridized carbons (Fsp3) is 0.316. The minimum atomic E-state index is -0.0550. The van der Waals surface area contributed by atoms with Gasteiger partial charge in [0, 0.05) is 24.2 Å². The predicted octanol–water partition coefficient (Wildman–Crippen LogP) is 3.65. The van der Waals surface area contributed by atoms with Crippen LogP contribution in [-0.4, -0.2) is 33.1 Å². The van der Waals surface area contributed by atoms with Crippen LogP contribution in [0, 0.1) is 0 Å². The van der Waals surface area contributed by atoms with Gasteiger partial charge in [0.25, 0.3) is 0 Å². The molecule has 136 valence electrons. The Kier molecular flexibility index (Phi) is 5.36. The number of phenolic OH excluding ortho intramolecular Hbond substituents is 1. The van der Waals surface area contributed by atoms with Gasteiger partial charge in [-0.1, -0.05) is 19.8 Å². The Morgan fingerprint density at radius 2 is 1.96 bits per heavy atom. The Morgan fingerprint density at radius 1 is 1.15 bits per heavy atom. The van der Waals surface area contributed by atoms with E-state index >= 15 is 0 Å². The number of unbranched alkanes of at least 4 members (excludes halogenated alkanes) is 2. The minimum absolute atomic E-state index is 0.0105. The molecule has 0 fully saturated rings. The number of amides is 1. The number of aromatic nitrogens is 3. The van der Waals surface area contributed by atoms with E-state index in [-0.39, 0.29) is 11.7 Å². The normalized spacial score (nSPS) is 10.8. The van der Waals surface area contributed by atoms with E-state index in [1.807, 2.05) is 0 Å². The highest BCUT2D eigenvalue weighted by atomic mass is 16.5. The van der Waals surface area contributed by atoms with Gasteiger partial charge in [0.15, 0.2) is 0 Å². The maximum atomic E-state index is 11.9. The molecule has 0 aliphatic carbocycles. The highest BCUT2D eigenvalue weighted by Crippen LogP contribution is 2.26. The zero-order valence-corrected chi connectivity index (χ0v) is 14.9. The molecule has 0 spiro atoms. The highest BCUT2D eigenvalue weighted by molar-refractivity contribution is 5.91. The lowest BCUT2D eigenvalue weighted by molar-refractivity contribution is -0.116. The molecule has 26 heavy (non-hydrogen) atoms. The van der Waals surface area contributed by atoms with Gasteiger partial charge in [-0.15, -0.1) is 15.0 Å². The van der Waals surface area contributed by atoms with Crippen LogP contribution in [0.25, 0.3) is 16.7 Å². The number of nitrogens with one attached hydrogen (secondary N) is 1. The first kappa shape index (κ1) is 17.7. The number of carbonyl (C=O) groups is 1. The number of hydrogen-bond donors (Lipinski definition) is 2. The molecule has 0 aliphatic heterocycles. The molecule has 1 aromatic heterocycles. The average molecular weight is 354 g/mol. The van der Waals surface area contributed by atoms with E-state index < -0.39 is 0 Å². The van der Waals surface area contributed by atoms with Gasteiger partial charge in [0.05, 0.1) is 7.11 Å². The Hall–Kier alpha value is -3.09. The van der Waals surface area contributed by atoms with Crippen LogP contribution in [0.4, 0.5) is 5.69 Å². The van der Waals surface area contributed by atoms with Gasteiger partial charge in [0.1, 0.15) is 28.2 Å². The average Bonchev–Trinajstić information content (AvgIpc) is 3.04. The Morgan fingerprint density at radius 3 is 2.69 bits per heavy atom. The zero-order valence-electron chi connectivity index (χ0n) is 14.9. The molecule has 2 aromatic carbocycles. The summed E-state index contributed by atoms with van der Waals surface area (Å²) >= 11 is 0. The number of benzene rings is 2. The van der Waals surface area contributed by atoms with Crippen molar-refractivity contribution in [1.82, 2.24) is 15.0 Å². The van der Waals surface area contributed by atoms with Crippen LogP contribution in [0.2, 0.25) is 0 Å². The summed E-state index contributed by atoms with van der Waals surface area (Å²) in [4.78, 5) is 13.3. The molecule has 0 saturated carbocycles. The van der Waals surface area contributed by atoms with Crippen molar-refractivity contribution in [3.8, 4) is 17.2 Å². The Labute approximate surface area is 151 Å². The van der Waals surface area contributed by atoms with Crippen molar-refractivity contribution < 1.29 is 14.6 Å². The molecular weight excluding hydrogens is 332 g/mol. The maximum Gasteiger partial charge on any atom is 0.224 e. The number of phenols is 1. The molecule has 0 aliphatic rings. The van der Waals surface area contributed by atoms with Gasteiger partial charge in [-0.05, 0) is 30.7 Å². The number of fused-ring (bicyclic) bond motifs is 1. The number of ether oxygens (including phenoxy) is 1.